The molecule has 0 fully saturated rings. The van der Waals surface area contributed by atoms with Gasteiger partial charge < -0.3 is 15.4 Å². The highest BCUT2D eigenvalue weighted by Crippen LogP contribution is 2.18. The van der Waals surface area contributed by atoms with Crippen LogP contribution in [-0.2, 0) is 12.8 Å². The predicted molar refractivity (Wildman–Crippen MR) is 116 cm³/mol. The predicted octanol–water partition coefficient (Wildman–Crippen LogP) is 3.71. The van der Waals surface area contributed by atoms with Gasteiger partial charge in [0.15, 0.2) is 5.96 Å². The zero-order valence-corrected chi connectivity index (χ0v) is 17.8. The highest BCUT2D eigenvalue weighted by Gasteiger charge is 2.03. The molecule has 2 aromatic carbocycles. The molecule has 2 aromatic rings. The summed E-state index contributed by atoms with van der Waals surface area (Å²) < 4.78 is 18.9. The van der Waals surface area contributed by atoms with Crippen LogP contribution in [0.15, 0.2) is 47.5 Å². The Morgan fingerprint density at radius 3 is 2.42 bits per heavy atom. The number of aliphatic imine (C=N–C) groups is 1. The van der Waals surface area contributed by atoms with Crippen molar-refractivity contribution < 1.29 is 9.13 Å². The molecular formula is C20H27FIN3O. The number of ether oxygens (including phenoxy) is 1. The minimum Gasteiger partial charge on any atom is -0.496 e. The van der Waals surface area contributed by atoms with Crippen molar-refractivity contribution in [2.45, 2.75) is 19.8 Å². The van der Waals surface area contributed by atoms with E-state index in [9.17, 15) is 4.39 Å². The number of hydrogen-bond acceptors (Lipinski definition) is 2. The van der Waals surface area contributed by atoms with E-state index in [1.54, 1.807) is 26.3 Å². The van der Waals surface area contributed by atoms with Gasteiger partial charge in [-0.15, -0.1) is 24.0 Å². The zero-order chi connectivity index (χ0) is 18.1. The van der Waals surface area contributed by atoms with Gasteiger partial charge in [-0.3, -0.25) is 4.99 Å². The van der Waals surface area contributed by atoms with E-state index in [1.807, 2.05) is 13.0 Å². The SMILES string of the molecule is CN=C(NCCc1ccc(C)c(OC)c1)NCCc1ccccc1F.I. The Hall–Kier alpha value is -1.83. The lowest BCUT2D eigenvalue weighted by Gasteiger charge is -2.13. The quantitative estimate of drug-likeness (QED) is 0.368. The van der Waals surface area contributed by atoms with Crippen molar-refractivity contribution in [3.8, 4) is 5.75 Å². The molecule has 0 atom stereocenters. The van der Waals surface area contributed by atoms with Crippen LogP contribution in [0.25, 0.3) is 0 Å². The third-order valence-electron chi connectivity index (χ3n) is 4.05. The smallest absolute Gasteiger partial charge is 0.190 e. The summed E-state index contributed by atoms with van der Waals surface area (Å²) in [5, 5.41) is 6.49. The number of hydrogen-bond donors (Lipinski definition) is 2. The highest BCUT2D eigenvalue weighted by molar-refractivity contribution is 14.0. The number of halogens is 2. The van der Waals surface area contributed by atoms with Gasteiger partial charge in [-0.05, 0) is 48.6 Å². The van der Waals surface area contributed by atoms with E-state index in [2.05, 4.69) is 33.8 Å². The number of guanidine groups is 1. The number of aryl methyl sites for hydroxylation is 1. The number of methoxy groups -OCH3 is 1. The lowest BCUT2D eigenvalue weighted by Crippen LogP contribution is -2.39. The Bertz CT molecular complexity index is 722. The average molecular weight is 471 g/mol. The summed E-state index contributed by atoms with van der Waals surface area (Å²) in [5.74, 6) is 1.46. The zero-order valence-electron chi connectivity index (χ0n) is 15.5. The maximum Gasteiger partial charge on any atom is 0.190 e. The van der Waals surface area contributed by atoms with Crippen molar-refractivity contribution in [3.05, 3.63) is 65.0 Å². The molecule has 0 amide bonds. The van der Waals surface area contributed by atoms with Gasteiger partial charge in [-0.2, -0.15) is 0 Å². The molecule has 0 unspecified atom stereocenters. The molecule has 0 radical (unpaired) electrons. The third-order valence-corrected chi connectivity index (χ3v) is 4.05. The lowest BCUT2D eigenvalue weighted by molar-refractivity contribution is 0.411. The van der Waals surface area contributed by atoms with E-state index in [0.717, 1.165) is 30.2 Å². The summed E-state index contributed by atoms with van der Waals surface area (Å²) >= 11 is 0. The Morgan fingerprint density at radius 2 is 1.77 bits per heavy atom. The minimum absolute atomic E-state index is 0. The molecule has 26 heavy (non-hydrogen) atoms. The Balaban J connectivity index is 0.00000338. The first-order chi connectivity index (χ1) is 12.1. The first-order valence-corrected chi connectivity index (χ1v) is 8.45. The van der Waals surface area contributed by atoms with Crippen molar-refractivity contribution in [2.75, 3.05) is 27.2 Å². The van der Waals surface area contributed by atoms with Crippen LogP contribution in [0.5, 0.6) is 5.75 Å². The summed E-state index contributed by atoms with van der Waals surface area (Å²) in [5.41, 5.74) is 3.04. The molecule has 0 spiro atoms. The summed E-state index contributed by atoms with van der Waals surface area (Å²) in [6.45, 7) is 3.41. The molecule has 2 N–H and O–H groups in total. The Morgan fingerprint density at radius 1 is 1.08 bits per heavy atom. The van der Waals surface area contributed by atoms with Crippen LogP contribution in [-0.4, -0.2) is 33.2 Å². The van der Waals surface area contributed by atoms with Crippen LogP contribution < -0.4 is 15.4 Å². The van der Waals surface area contributed by atoms with E-state index >= 15 is 0 Å². The van der Waals surface area contributed by atoms with E-state index < -0.39 is 0 Å². The van der Waals surface area contributed by atoms with Gasteiger partial charge in [-0.25, -0.2) is 4.39 Å². The van der Waals surface area contributed by atoms with Crippen LogP contribution in [0.3, 0.4) is 0 Å². The fraction of sp³-hybridized carbons (Fsp3) is 0.350. The number of benzene rings is 2. The Kier molecular flexibility index (Phi) is 10.0. The van der Waals surface area contributed by atoms with E-state index in [1.165, 1.54) is 11.6 Å². The van der Waals surface area contributed by atoms with Crippen LogP contribution in [0.4, 0.5) is 4.39 Å². The molecule has 0 bridgehead atoms. The van der Waals surface area contributed by atoms with E-state index in [-0.39, 0.29) is 29.8 Å². The Labute approximate surface area is 172 Å². The molecule has 4 nitrogen and oxygen atoms in total. The fourth-order valence-electron chi connectivity index (χ4n) is 2.58. The molecular weight excluding hydrogens is 444 g/mol. The molecule has 0 aliphatic heterocycles. The molecule has 6 heteroatoms. The van der Waals surface area contributed by atoms with E-state index in [4.69, 9.17) is 4.74 Å². The maximum absolute atomic E-state index is 13.6. The van der Waals surface area contributed by atoms with Crippen LogP contribution in [0, 0.1) is 12.7 Å². The summed E-state index contributed by atoms with van der Waals surface area (Å²) in [6, 6.07) is 13.1. The second kappa shape index (κ2) is 11.7. The van der Waals surface area contributed by atoms with Gasteiger partial charge in [-0.1, -0.05) is 30.3 Å². The largest absolute Gasteiger partial charge is 0.496 e. The third kappa shape index (κ3) is 6.82. The molecule has 0 aromatic heterocycles. The monoisotopic (exact) mass is 471 g/mol. The summed E-state index contributed by atoms with van der Waals surface area (Å²) in [6.07, 6.45) is 1.48. The summed E-state index contributed by atoms with van der Waals surface area (Å²) in [4.78, 5) is 4.20. The van der Waals surface area contributed by atoms with E-state index in [0.29, 0.717) is 18.5 Å². The topological polar surface area (TPSA) is 45.7 Å². The molecule has 0 heterocycles. The van der Waals surface area contributed by atoms with Gasteiger partial charge in [0.1, 0.15) is 11.6 Å². The lowest BCUT2D eigenvalue weighted by atomic mass is 10.1. The van der Waals surface area contributed by atoms with Gasteiger partial charge in [0.05, 0.1) is 7.11 Å². The molecule has 0 aliphatic rings. The first-order valence-electron chi connectivity index (χ1n) is 8.45. The van der Waals surface area contributed by atoms with Crippen molar-refractivity contribution in [3.63, 3.8) is 0 Å². The van der Waals surface area contributed by atoms with Crippen LogP contribution in [0.1, 0.15) is 16.7 Å². The standard InChI is InChI=1S/C20H26FN3O.HI/c1-15-8-9-16(14-19(15)25-3)10-12-23-20(22-2)24-13-11-17-6-4-5-7-18(17)21;/h4-9,14H,10-13H2,1-3H3,(H2,22,23,24);1H. The highest BCUT2D eigenvalue weighted by atomic mass is 127. The van der Waals surface area contributed by atoms with Crippen molar-refractivity contribution in [1.82, 2.24) is 10.6 Å². The van der Waals surface area contributed by atoms with Crippen LogP contribution in [0.2, 0.25) is 0 Å². The van der Waals surface area contributed by atoms with Gasteiger partial charge in [0.25, 0.3) is 0 Å². The number of rotatable bonds is 7. The minimum atomic E-state index is -0.166. The first kappa shape index (κ1) is 22.2. The number of nitrogens with one attached hydrogen (secondary N) is 2. The fourth-order valence-corrected chi connectivity index (χ4v) is 2.58. The summed E-state index contributed by atoms with van der Waals surface area (Å²) in [7, 11) is 3.42. The second-order valence-corrected chi connectivity index (χ2v) is 5.82. The van der Waals surface area contributed by atoms with Crippen molar-refractivity contribution in [2.24, 2.45) is 4.99 Å². The van der Waals surface area contributed by atoms with Gasteiger partial charge in [0, 0.05) is 20.1 Å². The van der Waals surface area contributed by atoms with Gasteiger partial charge in [0.2, 0.25) is 0 Å². The van der Waals surface area contributed by atoms with Gasteiger partial charge >= 0.3 is 0 Å². The van der Waals surface area contributed by atoms with Crippen molar-refractivity contribution in [1.29, 1.82) is 0 Å². The molecule has 142 valence electrons. The van der Waals surface area contributed by atoms with Crippen LogP contribution >= 0.6 is 24.0 Å². The molecule has 2 rings (SSSR count). The maximum atomic E-state index is 13.6. The molecule has 0 aliphatic carbocycles. The second-order valence-electron chi connectivity index (χ2n) is 5.82. The normalized spacial score (nSPS) is 10.8. The number of nitrogens with zero attached hydrogens (tertiary/aromatic N) is 1. The van der Waals surface area contributed by atoms with Crippen molar-refractivity contribution >= 4 is 29.9 Å². The molecule has 0 saturated carbocycles. The molecule has 0 saturated heterocycles. The average Bonchev–Trinajstić information content (AvgIpc) is 2.63.